The molecule has 6 heteroatoms. The van der Waals surface area contributed by atoms with Crippen LogP contribution in [0.2, 0.25) is 0 Å². The van der Waals surface area contributed by atoms with Crippen LogP contribution in [0.1, 0.15) is 92.9 Å². The third-order valence-corrected chi connectivity index (χ3v) is 13.2. The van der Waals surface area contributed by atoms with Crippen molar-refractivity contribution in [3.8, 4) is 0 Å². The van der Waals surface area contributed by atoms with Gasteiger partial charge in [0.1, 0.15) is 5.41 Å². The predicted octanol–water partition coefficient (Wildman–Crippen LogP) is 4.15. The average Bonchev–Trinajstić information content (AvgIpc) is 2.77. The standard InChI is InChI=1S/C30H48O6/c1-25(2)11-12-30(24(35)36)18(13-25)17-7-8-21-26(3)14-19(32)23(34)27(4,16-31)20(26)9-10-28(21,5)29(17,6)15-22(30)33/h7,18-23,31-34H,8-16H2,1-6H3,(H,35,36)/t18-,19+,20+,21-,22-,23+,26+,27+,28-,29-,30-/m1/s1. The van der Waals surface area contributed by atoms with Gasteiger partial charge in [0.25, 0.3) is 0 Å². The second-order valence-corrected chi connectivity index (χ2v) is 15.2. The molecule has 5 aliphatic carbocycles. The van der Waals surface area contributed by atoms with Crippen molar-refractivity contribution < 1.29 is 30.3 Å². The zero-order valence-corrected chi connectivity index (χ0v) is 23.0. The van der Waals surface area contributed by atoms with Crippen molar-refractivity contribution in [1.82, 2.24) is 0 Å². The third kappa shape index (κ3) is 3.02. The Labute approximate surface area is 216 Å². The topological polar surface area (TPSA) is 118 Å². The van der Waals surface area contributed by atoms with Crippen molar-refractivity contribution in [3.05, 3.63) is 11.6 Å². The van der Waals surface area contributed by atoms with E-state index in [4.69, 9.17) is 0 Å². The summed E-state index contributed by atoms with van der Waals surface area (Å²) in [5, 5.41) is 54.5. The van der Waals surface area contributed by atoms with E-state index in [0.717, 1.165) is 32.1 Å². The number of rotatable bonds is 2. The van der Waals surface area contributed by atoms with E-state index < -0.39 is 35.1 Å². The lowest BCUT2D eigenvalue weighted by molar-refractivity contribution is -0.248. The molecular formula is C30H48O6. The first-order valence-electron chi connectivity index (χ1n) is 14.1. The molecular weight excluding hydrogens is 456 g/mol. The van der Waals surface area contributed by atoms with Crippen molar-refractivity contribution in [3.63, 3.8) is 0 Å². The maximum Gasteiger partial charge on any atom is 0.312 e. The molecule has 0 unspecified atom stereocenters. The molecule has 5 rings (SSSR count). The van der Waals surface area contributed by atoms with E-state index in [1.165, 1.54) is 5.57 Å². The molecule has 11 atom stereocenters. The van der Waals surface area contributed by atoms with Crippen LogP contribution in [-0.2, 0) is 4.79 Å². The highest BCUT2D eigenvalue weighted by Crippen LogP contribution is 2.75. The molecule has 204 valence electrons. The highest BCUT2D eigenvalue weighted by Gasteiger charge is 2.72. The van der Waals surface area contributed by atoms with Crippen LogP contribution in [0.15, 0.2) is 11.6 Å². The van der Waals surface area contributed by atoms with Gasteiger partial charge in [0.05, 0.1) is 24.9 Å². The molecule has 0 saturated heterocycles. The zero-order valence-electron chi connectivity index (χ0n) is 23.0. The molecule has 5 aliphatic rings. The summed E-state index contributed by atoms with van der Waals surface area (Å²) in [4.78, 5) is 12.8. The average molecular weight is 505 g/mol. The summed E-state index contributed by atoms with van der Waals surface area (Å²) in [5.74, 6) is -0.765. The van der Waals surface area contributed by atoms with E-state index in [9.17, 15) is 30.3 Å². The van der Waals surface area contributed by atoms with Gasteiger partial charge >= 0.3 is 5.97 Å². The smallest absolute Gasteiger partial charge is 0.312 e. The van der Waals surface area contributed by atoms with E-state index in [0.29, 0.717) is 19.3 Å². The minimum absolute atomic E-state index is 0.0242. The summed E-state index contributed by atoms with van der Waals surface area (Å²) in [7, 11) is 0. The molecule has 0 radical (unpaired) electrons. The molecule has 6 nitrogen and oxygen atoms in total. The van der Waals surface area contributed by atoms with Crippen LogP contribution in [0.3, 0.4) is 0 Å². The number of carboxylic acids is 1. The lowest BCUT2D eigenvalue weighted by atomic mass is 9.33. The Kier molecular flexibility index (Phi) is 5.77. The Balaban J connectivity index is 1.64. The number of aliphatic hydroxyl groups excluding tert-OH is 4. The normalized spacial score (nSPS) is 55.9. The van der Waals surface area contributed by atoms with E-state index in [-0.39, 0.29) is 46.0 Å². The minimum atomic E-state index is -1.12. The van der Waals surface area contributed by atoms with Gasteiger partial charge in [-0.05, 0) is 90.8 Å². The minimum Gasteiger partial charge on any atom is -0.481 e. The maximum absolute atomic E-state index is 12.8. The van der Waals surface area contributed by atoms with Gasteiger partial charge in [0.15, 0.2) is 0 Å². The van der Waals surface area contributed by atoms with Crippen LogP contribution in [0, 0.1) is 50.2 Å². The molecule has 0 aromatic rings. The summed E-state index contributed by atoms with van der Waals surface area (Å²) in [6.07, 6.45) is 5.13. The van der Waals surface area contributed by atoms with Crippen molar-refractivity contribution in [2.75, 3.05) is 6.61 Å². The summed E-state index contributed by atoms with van der Waals surface area (Å²) in [6.45, 7) is 13.1. The molecule has 0 aromatic heterocycles. The van der Waals surface area contributed by atoms with Crippen LogP contribution in [0.5, 0.6) is 0 Å². The Morgan fingerprint density at radius 1 is 0.944 bits per heavy atom. The van der Waals surface area contributed by atoms with E-state index in [1.807, 2.05) is 6.92 Å². The number of allylic oxidation sites excluding steroid dienone is 2. The van der Waals surface area contributed by atoms with Gasteiger partial charge in [0, 0.05) is 5.41 Å². The van der Waals surface area contributed by atoms with Crippen molar-refractivity contribution in [1.29, 1.82) is 0 Å². The highest BCUT2D eigenvalue weighted by molar-refractivity contribution is 5.77. The first kappa shape index (κ1) is 26.6. The van der Waals surface area contributed by atoms with Gasteiger partial charge < -0.3 is 25.5 Å². The van der Waals surface area contributed by atoms with Crippen LogP contribution in [0.25, 0.3) is 0 Å². The molecule has 36 heavy (non-hydrogen) atoms. The van der Waals surface area contributed by atoms with Gasteiger partial charge in [-0.1, -0.05) is 53.2 Å². The number of aliphatic hydroxyl groups is 4. The largest absolute Gasteiger partial charge is 0.481 e. The maximum atomic E-state index is 12.8. The van der Waals surface area contributed by atoms with Crippen LogP contribution >= 0.6 is 0 Å². The third-order valence-electron chi connectivity index (χ3n) is 13.2. The zero-order chi connectivity index (χ0) is 26.7. The quantitative estimate of drug-likeness (QED) is 0.361. The van der Waals surface area contributed by atoms with Gasteiger partial charge in [0.2, 0.25) is 0 Å². The number of carbonyl (C=O) groups is 1. The van der Waals surface area contributed by atoms with Crippen molar-refractivity contribution in [2.24, 2.45) is 50.2 Å². The second kappa shape index (κ2) is 7.80. The SMILES string of the molecule is CC1(C)CC[C@]2(C(=O)O)[C@H](O)C[C@]3(C)C(=CC[C@@H]4[C@@]5(C)C[C@H](O)[C@H](O)[C@@](C)(CO)[C@H]5CC[C@]43C)[C@H]2C1. The Morgan fingerprint density at radius 2 is 1.61 bits per heavy atom. The van der Waals surface area contributed by atoms with Crippen LogP contribution in [0.4, 0.5) is 0 Å². The fourth-order valence-electron chi connectivity index (χ4n) is 10.9. The summed E-state index contributed by atoms with van der Waals surface area (Å²) in [5.41, 5.74) is -1.44. The van der Waals surface area contributed by atoms with Gasteiger partial charge in [-0.2, -0.15) is 0 Å². The van der Waals surface area contributed by atoms with Crippen molar-refractivity contribution >= 4 is 5.97 Å². The summed E-state index contributed by atoms with van der Waals surface area (Å²) >= 11 is 0. The summed E-state index contributed by atoms with van der Waals surface area (Å²) < 4.78 is 0. The van der Waals surface area contributed by atoms with E-state index in [2.05, 4.69) is 40.7 Å². The first-order chi connectivity index (χ1) is 16.5. The molecule has 0 amide bonds. The second-order valence-electron chi connectivity index (χ2n) is 15.2. The predicted molar refractivity (Wildman–Crippen MR) is 137 cm³/mol. The number of carboxylic acid groups (broad SMARTS) is 1. The number of fused-ring (bicyclic) bond motifs is 7. The molecule has 4 fully saturated rings. The van der Waals surface area contributed by atoms with Crippen LogP contribution in [-0.4, -0.2) is 56.4 Å². The molecule has 4 saturated carbocycles. The molecule has 0 aromatic carbocycles. The Bertz CT molecular complexity index is 974. The first-order valence-corrected chi connectivity index (χ1v) is 14.1. The number of hydrogen-bond donors (Lipinski definition) is 5. The number of hydrogen-bond acceptors (Lipinski definition) is 5. The Hall–Kier alpha value is -0.950. The summed E-state index contributed by atoms with van der Waals surface area (Å²) in [6, 6.07) is 0. The van der Waals surface area contributed by atoms with E-state index in [1.54, 1.807) is 0 Å². The lowest BCUT2D eigenvalue weighted by Gasteiger charge is -2.72. The lowest BCUT2D eigenvalue weighted by Crippen LogP contribution is -2.69. The molecule has 0 heterocycles. The van der Waals surface area contributed by atoms with Crippen molar-refractivity contribution in [2.45, 2.75) is 111 Å². The Morgan fingerprint density at radius 3 is 2.22 bits per heavy atom. The molecule has 0 spiro atoms. The van der Waals surface area contributed by atoms with E-state index >= 15 is 0 Å². The fraction of sp³-hybridized carbons (Fsp3) is 0.900. The molecule has 0 aliphatic heterocycles. The van der Waals surface area contributed by atoms with Crippen LogP contribution < -0.4 is 0 Å². The molecule has 0 bridgehead atoms. The van der Waals surface area contributed by atoms with Gasteiger partial charge in [-0.25, -0.2) is 0 Å². The van der Waals surface area contributed by atoms with Gasteiger partial charge in [-0.3, -0.25) is 4.79 Å². The molecule has 5 N–H and O–H groups in total. The fourth-order valence-corrected chi connectivity index (χ4v) is 10.9. The number of aliphatic carboxylic acids is 1. The highest BCUT2D eigenvalue weighted by atomic mass is 16.4. The monoisotopic (exact) mass is 504 g/mol. The van der Waals surface area contributed by atoms with Gasteiger partial charge in [-0.15, -0.1) is 0 Å².